The van der Waals surface area contributed by atoms with Crippen LogP contribution in [-0.2, 0) is 21.9 Å². The SMILES string of the molecule is CC(C)(Cc1ccccc1)Cc1ccccc1OP(C)(=O)OC(C)(C)C. The van der Waals surface area contributed by atoms with E-state index in [1.165, 1.54) is 12.2 Å². The molecule has 0 amide bonds. The van der Waals surface area contributed by atoms with Crippen LogP contribution in [0, 0.1) is 5.41 Å². The maximum atomic E-state index is 12.8. The highest BCUT2D eigenvalue weighted by Crippen LogP contribution is 2.49. The monoisotopic (exact) mass is 374 g/mol. The fraction of sp³-hybridized carbons (Fsp3) is 0.455. The van der Waals surface area contributed by atoms with Crippen molar-refractivity contribution in [3.8, 4) is 5.75 Å². The Morgan fingerprint density at radius 2 is 1.42 bits per heavy atom. The first-order valence-electron chi connectivity index (χ1n) is 9.06. The van der Waals surface area contributed by atoms with Crippen molar-refractivity contribution < 1.29 is 13.6 Å². The van der Waals surface area contributed by atoms with E-state index < -0.39 is 13.2 Å². The lowest BCUT2D eigenvalue weighted by atomic mass is 9.80. The second-order valence-electron chi connectivity index (χ2n) is 8.68. The van der Waals surface area contributed by atoms with E-state index in [9.17, 15) is 4.57 Å². The summed E-state index contributed by atoms with van der Waals surface area (Å²) in [5, 5.41) is 0. The smallest absolute Gasteiger partial charge is 0.376 e. The first-order chi connectivity index (χ1) is 12.0. The zero-order chi connectivity index (χ0) is 19.4. The number of rotatable bonds is 7. The van der Waals surface area contributed by atoms with E-state index in [-0.39, 0.29) is 5.41 Å². The summed E-state index contributed by atoms with van der Waals surface area (Å²) in [6.45, 7) is 11.6. The minimum Gasteiger partial charge on any atom is -0.424 e. The summed E-state index contributed by atoms with van der Waals surface area (Å²) < 4.78 is 24.2. The van der Waals surface area contributed by atoms with Gasteiger partial charge in [0, 0.05) is 6.66 Å². The topological polar surface area (TPSA) is 35.5 Å². The Morgan fingerprint density at radius 1 is 0.846 bits per heavy atom. The highest BCUT2D eigenvalue weighted by atomic mass is 31.2. The van der Waals surface area contributed by atoms with Gasteiger partial charge in [-0.25, -0.2) is 4.57 Å². The summed E-state index contributed by atoms with van der Waals surface area (Å²) in [4.78, 5) is 0. The predicted molar refractivity (Wildman–Crippen MR) is 109 cm³/mol. The predicted octanol–water partition coefficient (Wildman–Crippen LogP) is 6.51. The molecule has 0 N–H and O–H groups in total. The molecule has 0 spiro atoms. The fourth-order valence-electron chi connectivity index (χ4n) is 3.16. The zero-order valence-electron chi connectivity index (χ0n) is 16.8. The van der Waals surface area contributed by atoms with Crippen LogP contribution >= 0.6 is 7.60 Å². The molecule has 2 aromatic rings. The van der Waals surface area contributed by atoms with Gasteiger partial charge in [-0.3, -0.25) is 4.52 Å². The van der Waals surface area contributed by atoms with Crippen LogP contribution in [0.5, 0.6) is 5.75 Å². The molecule has 0 saturated carbocycles. The Labute approximate surface area is 158 Å². The molecule has 0 bridgehead atoms. The minimum atomic E-state index is -3.19. The van der Waals surface area contributed by atoms with Crippen molar-refractivity contribution in [2.45, 2.75) is 53.1 Å². The Balaban J connectivity index is 2.17. The van der Waals surface area contributed by atoms with Gasteiger partial charge in [-0.2, -0.15) is 0 Å². The van der Waals surface area contributed by atoms with Gasteiger partial charge in [0.2, 0.25) is 0 Å². The van der Waals surface area contributed by atoms with Crippen molar-refractivity contribution in [1.29, 1.82) is 0 Å². The summed E-state index contributed by atoms with van der Waals surface area (Å²) in [5.41, 5.74) is 1.89. The van der Waals surface area contributed by atoms with Crippen LogP contribution < -0.4 is 4.52 Å². The lowest BCUT2D eigenvalue weighted by Crippen LogP contribution is -2.20. The normalized spacial score (nSPS) is 14.7. The molecule has 0 fully saturated rings. The quantitative estimate of drug-likeness (QED) is 0.518. The third-order valence-electron chi connectivity index (χ3n) is 3.87. The van der Waals surface area contributed by atoms with Crippen LogP contribution in [0.2, 0.25) is 0 Å². The van der Waals surface area contributed by atoms with Gasteiger partial charge >= 0.3 is 7.60 Å². The average Bonchev–Trinajstić information content (AvgIpc) is 2.46. The maximum absolute atomic E-state index is 12.8. The van der Waals surface area contributed by atoms with Crippen molar-refractivity contribution >= 4 is 7.60 Å². The average molecular weight is 374 g/mol. The molecular formula is C22H31O3P. The van der Waals surface area contributed by atoms with E-state index in [2.05, 4.69) is 38.1 Å². The molecule has 1 atom stereocenters. The summed E-state index contributed by atoms with van der Waals surface area (Å²) in [6.07, 6.45) is 1.79. The lowest BCUT2D eigenvalue weighted by molar-refractivity contribution is 0.116. The zero-order valence-corrected chi connectivity index (χ0v) is 17.7. The van der Waals surface area contributed by atoms with Crippen molar-refractivity contribution in [1.82, 2.24) is 0 Å². The largest absolute Gasteiger partial charge is 0.424 e. The van der Waals surface area contributed by atoms with Crippen molar-refractivity contribution in [2.75, 3.05) is 6.66 Å². The molecule has 26 heavy (non-hydrogen) atoms. The lowest BCUT2D eigenvalue weighted by Gasteiger charge is -2.28. The summed E-state index contributed by atoms with van der Waals surface area (Å²) >= 11 is 0. The molecule has 0 saturated heterocycles. The van der Waals surface area contributed by atoms with Crippen LogP contribution in [-0.4, -0.2) is 12.3 Å². The van der Waals surface area contributed by atoms with Crippen molar-refractivity contribution in [3.05, 3.63) is 65.7 Å². The Bertz CT molecular complexity index is 760. The molecule has 1 unspecified atom stereocenters. The molecule has 142 valence electrons. The number of para-hydroxylation sites is 1. The highest BCUT2D eigenvalue weighted by Gasteiger charge is 2.28. The van der Waals surface area contributed by atoms with Crippen LogP contribution in [0.3, 0.4) is 0 Å². The third kappa shape index (κ3) is 6.97. The van der Waals surface area contributed by atoms with Crippen molar-refractivity contribution in [3.63, 3.8) is 0 Å². The van der Waals surface area contributed by atoms with Gasteiger partial charge in [-0.15, -0.1) is 0 Å². The standard InChI is InChI=1S/C22H31O3P/c1-21(2,3)25-26(6,23)24-20-15-11-10-14-19(20)17-22(4,5)16-18-12-8-7-9-13-18/h7-15H,16-17H2,1-6H3. The van der Waals surface area contributed by atoms with E-state index in [0.717, 1.165) is 18.4 Å². The second kappa shape index (κ2) is 7.98. The maximum Gasteiger partial charge on any atom is 0.376 e. The molecule has 2 rings (SSSR count). The van der Waals surface area contributed by atoms with Crippen LogP contribution in [0.4, 0.5) is 0 Å². The molecule has 3 nitrogen and oxygen atoms in total. The Kier molecular flexibility index (Phi) is 6.37. The van der Waals surface area contributed by atoms with Gasteiger partial charge in [0.15, 0.2) is 0 Å². The van der Waals surface area contributed by atoms with Crippen LogP contribution in [0.1, 0.15) is 45.7 Å². The first kappa shape index (κ1) is 20.7. The van der Waals surface area contributed by atoms with Gasteiger partial charge in [0.05, 0.1) is 5.60 Å². The molecule has 0 aliphatic heterocycles. The number of hydrogen-bond acceptors (Lipinski definition) is 3. The van der Waals surface area contributed by atoms with Gasteiger partial charge in [-0.05, 0) is 56.2 Å². The van der Waals surface area contributed by atoms with Gasteiger partial charge in [-0.1, -0.05) is 62.4 Å². The van der Waals surface area contributed by atoms with Crippen LogP contribution in [0.15, 0.2) is 54.6 Å². The Hall–Kier alpha value is -1.57. The molecule has 0 aliphatic rings. The molecular weight excluding hydrogens is 343 g/mol. The minimum absolute atomic E-state index is 0.0451. The van der Waals surface area contributed by atoms with Gasteiger partial charge in [0.25, 0.3) is 0 Å². The van der Waals surface area contributed by atoms with Gasteiger partial charge < -0.3 is 4.52 Å². The van der Waals surface area contributed by atoms with Crippen molar-refractivity contribution in [2.24, 2.45) is 5.41 Å². The van der Waals surface area contributed by atoms with E-state index >= 15 is 0 Å². The summed E-state index contributed by atoms with van der Waals surface area (Å²) in [6, 6.07) is 18.3. The van der Waals surface area contributed by atoms with Gasteiger partial charge in [0.1, 0.15) is 5.75 Å². The number of benzene rings is 2. The van der Waals surface area contributed by atoms with E-state index in [1.807, 2.05) is 51.1 Å². The van der Waals surface area contributed by atoms with E-state index in [0.29, 0.717) is 5.75 Å². The number of hydrogen-bond donors (Lipinski definition) is 0. The third-order valence-corrected chi connectivity index (χ3v) is 5.28. The first-order valence-corrected chi connectivity index (χ1v) is 11.0. The van der Waals surface area contributed by atoms with E-state index in [1.54, 1.807) is 0 Å². The highest BCUT2D eigenvalue weighted by molar-refractivity contribution is 7.53. The van der Waals surface area contributed by atoms with E-state index in [4.69, 9.17) is 9.05 Å². The van der Waals surface area contributed by atoms with Crippen LogP contribution in [0.25, 0.3) is 0 Å². The fourth-order valence-corrected chi connectivity index (χ4v) is 4.73. The second-order valence-corrected chi connectivity index (χ2v) is 10.6. The molecule has 0 aliphatic carbocycles. The molecule has 2 aromatic carbocycles. The Morgan fingerprint density at radius 3 is 2.04 bits per heavy atom. The molecule has 0 aromatic heterocycles. The molecule has 0 heterocycles. The summed E-state index contributed by atoms with van der Waals surface area (Å²) in [5.74, 6) is 0.642. The summed E-state index contributed by atoms with van der Waals surface area (Å²) in [7, 11) is -3.19. The molecule has 0 radical (unpaired) electrons. The molecule has 4 heteroatoms.